The Bertz CT molecular complexity index is 1190. The molecule has 0 amide bonds. The molecule has 0 aliphatic carbocycles. The average Bonchev–Trinajstić information content (AvgIpc) is 3.16. The first-order valence-corrected chi connectivity index (χ1v) is 9.07. The minimum atomic E-state index is -1.09. The summed E-state index contributed by atoms with van der Waals surface area (Å²) in [6.07, 6.45) is 1.66. The van der Waals surface area contributed by atoms with E-state index < -0.39 is 5.97 Å². The summed E-state index contributed by atoms with van der Waals surface area (Å²) in [7, 11) is 3.26. The minimum absolute atomic E-state index is 0. The molecule has 0 fully saturated rings. The number of hydrogen-bond donors (Lipinski definition) is 0. The van der Waals surface area contributed by atoms with Crippen molar-refractivity contribution in [3.63, 3.8) is 0 Å². The molecule has 0 unspecified atom stereocenters. The van der Waals surface area contributed by atoms with E-state index in [4.69, 9.17) is 9.47 Å². The molecular weight excluding hydrogens is 375 g/mol. The number of benzene rings is 3. The van der Waals surface area contributed by atoms with Gasteiger partial charge in [0.05, 0.1) is 25.3 Å². The van der Waals surface area contributed by atoms with Crippen molar-refractivity contribution in [1.82, 2.24) is 9.55 Å². The molecule has 0 radical (unpaired) electrons. The van der Waals surface area contributed by atoms with Gasteiger partial charge in [-0.05, 0) is 47.5 Å². The molecule has 0 saturated heterocycles. The van der Waals surface area contributed by atoms with Crippen molar-refractivity contribution in [2.75, 3.05) is 14.2 Å². The molecule has 0 N–H and O–H groups in total. The van der Waals surface area contributed by atoms with Gasteiger partial charge in [0.15, 0.2) is 0 Å². The van der Waals surface area contributed by atoms with E-state index in [0.717, 1.165) is 39.3 Å². The zero-order valence-corrected chi connectivity index (χ0v) is 17.1. The molecule has 4 aromatic rings. The van der Waals surface area contributed by atoms with Gasteiger partial charge in [-0.15, -0.1) is 0 Å². The van der Waals surface area contributed by atoms with Crippen LogP contribution in [0.15, 0.2) is 67.0 Å². The van der Waals surface area contributed by atoms with Gasteiger partial charge in [0, 0.05) is 29.7 Å². The van der Waals surface area contributed by atoms with Gasteiger partial charge in [-0.25, -0.2) is 4.98 Å². The predicted molar refractivity (Wildman–Crippen MR) is 108 cm³/mol. The van der Waals surface area contributed by atoms with Crippen LogP contribution < -0.4 is 33.4 Å². The van der Waals surface area contributed by atoms with Gasteiger partial charge in [0.1, 0.15) is 17.8 Å². The first kappa shape index (κ1) is 21.5. The van der Waals surface area contributed by atoms with Crippen LogP contribution >= 0.6 is 0 Å². The Morgan fingerprint density at radius 2 is 1.77 bits per heavy atom. The molecule has 1 aromatic heterocycles. The van der Waals surface area contributed by atoms with E-state index in [9.17, 15) is 9.90 Å². The van der Waals surface area contributed by atoms with Crippen LogP contribution in [0.25, 0.3) is 27.8 Å². The van der Waals surface area contributed by atoms with Crippen LogP contribution in [0.2, 0.25) is 0 Å². The number of carboxylic acid groups (broad SMARTS) is 1. The molecule has 0 spiro atoms. The normalized spacial score (nSPS) is 10.5. The monoisotopic (exact) mass is 394 g/mol. The molecule has 0 saturated carbocycles. The molecule has 3 aromatic carbocycles. The summed E-state index contributed by atoms with van der Waals surface area (Å²) >= 11 is 0. The molecule has 6 nitrogen and oxygen atoms in total. The standard InChI is InChI=1S/C23H20N2O4.Li/c1-28-18-8-9-19(22(13-18)29-2)16-5-10-21-20(12-16)24-14-25(21)17-6-3-15(4-7-17)11-23(26)27;/h3-10,12-14H,11H2,1-2H3,(H,26,27);/q;+1/p-1. The Balaban J connectivity index is 0.00000256. The van der Waals surface area contributed by atoms with Crippen LogP contribution in [0.3, 0.4) is 0 Å². The zero-order chi connectivity index (χ0) is 20.4. The third-order valence-electron chi connectivity index (χ3n) is 4.83. The molecule has 0 atom stereocenters. The summed E-state index contributed by atoms with van der Waals surface area (Å²) < 4.78 is 12.7. The van der Waals surface area contributed by atoms with Crippen molar-refractivity contribution >= 4 is 17.0 Å². The Morgan fingerprint density at radius 1 is 1.00 bits per heavy atom. The van der Waals surface area contributed by atoms with Crippen LogP contribution in [0, 0.1) is 0 Å². The number of carbonyl (C=O) groups excluding carboxylic acids is 1. The predicted octanol–water partition coefficient (Wildman–Crippen LogP) is 0.00610. The second kappa shape index (κ2) is 9.08. The van der Waals surface area contributed by atoms with Crippen molar-refractivity contribution in [2.24, 2.45) is 0 Å². The number of nitrogens with zero attached hydrogens (tertiary/aromatic N) is 2. The maximum atomic E-state index is 10.7. The fraction of sp³-hybridized carbons (Fsp3) is 0.130. The van der Waals surface area contributed by atoms with Crippen molar-refractivity contribution in [1.29, 1.82) is 0 Å². The number of aromatic nitrogens is 2. The van der Waals surface area contributed by atoms with Crippen molar-refractivity contribution in [2.45, 2.75) is 6.42 Å². The van der Waals surface area contributed by atoms with Gasteiger partial charge in [0.2, 0.25) is 0 Å². The summed E-state index contributed by atoms with van der Waals surface area (Å²) in [4.78, 5) is 15.3. The molecule has 4 rings (SSSR count). The van der Waals surface area contributed by atoms with E-state index in [1.54, 1.807) is 32.7 Å². The van der Waals surface area contributed by atoms with Crippen LogP contribution in [-0.4, -0.2) is 29.7 Å². The van der Waals surface area contributed by atoms with Gasteiger partial charge >= 0.3 is 18.9 Å². The SMILES string of the molecule is COc1ccc(-c2ccc3c(c2)ncn3-c2ccc(CC(=O)[O-])cc2)c(OC)c1.[Li+]. The van der Waals surface area contributed by atoms with Gasteiger partial charge in [-0.1, -0.05) is 18.2 Å². The third-order valence-corrected chi connectivity index (χ3v) is 4.83. The van der Waals surface area contributed by atoms with Crippen LogP contribution in [0.5, 0.6) is 11.5 Å². The Morgan fingerprint density at radius 3 is 2.43 bits per heavy atom. The summed E-state index contributed by atoms with van der Waals surface area (Å²) in [5.74, 6) is 0.372. The topological polar surface area (TPSA) is 76.4 Å². The fourth-order valence-electron chi connectivity index (χ4n) is 3.36. The van der Waals surface area contributed by atoms with E-state index in [-0.39, 0.29) is 25.3 Å². The number of carbonyl (C=O) groups is 1. The van der Waals surface area contributed by atoms with Crippen molar-refractivity contribution in [3.8, 4) is 28.3 Å². The molecule has 0 aliphatic heterocycles. The molecular formula is C23H19LiN2O4. The Hall–Kier alpha value is -3.20. The van der Waals surface area contributed by atoms with E-state index >= 15 is 0 Å². The number of carboxylic acids is 1. The summed E-state index contributed by atoms with van der Waals surface area (Å²) in [5.41, 5.74) is 5.35. The van der Waals surface area contributed by atoms with Crippen LogP contribution in [0.4, 0.5) is 0 Å². The number of methoxy groups -OCH3 is 2. The Kier molecular flexibility index (Phi) is 6.51. The van der Waals surface area contributed by atoms with Gasteiger partial charge in [-0.2, -0.15) is 0 Å². The molecule has 146 valence electrons. The number of rotatable bonds is 6. The largest absolute Gasteiger partial charge is 1.00 e. The van der Waals surface area contributed by atoms with Gasteiger partial charge in [-0.3, -0.25) is 4.57 Å². The smallest absolute Gasteiger partial charge is 0.550 e. The summed E-state index contributed by atoms with van der Waals surface area (Å²) in [5, 5.41) is 10.7. The number of hydrogen-bond acceptors (Lipinski definition) is 5. The maximum Gasteiger partial charge on any atom is 1.00 e. The van der Waals surface area contributed by atoms with E-state index in [0.29, 0.717) is 5.56 Å². The quantitative estimate of drug-likeness (QED) is 0.431. The van der Waals surface area contributed by atoms with Crippen molar-refractivity contribution < 1.29 is 38.2 Å². The molecule has 0 bridgehead atoms. The molecule has 30 heavy (non-hydrogen) atoms. The fourth-order valence-corrected chi connectivity index (χ4v) is 3.36. The molecule has 0 aliphatic rings. The molecule has 7 heteroatoms. The minimum Gasteiger partial charge on any atom is -0.550 e. The zero-order valence-electron chi connectivity index (χ0n) is 17.1. The number of ether oxygens (including phenoxy) is 2. The molecule has 1 heterocycles. The number of fused-ring (bicyclic) bond motifs is 1. The summed E-state index contributed by atoms with van der Waals surface area (Å²) in [6, 6.07) is 19.1. The van der Waals surface area contributed by atoms with E-state index in [1.165, 1.54) is 0 Å². The van der Waals surface area contributed by atoms with Gasteiger partial charge in [0.25, 0.3) is 0 Å². The second-order valence-electron chi connectivity index (χ2n) is 6.60. The van der Waals surface area contributed by atoms with Gasteiger partial charge < -0.3 is 19.4 Å². The Labute approximate surface area is 186 Å². The van der Waals surface area contributed by atoms with Crippen LogP contribution in [0.1, 0.15) is 5.56 Å². The number of aliphatic carboxylic acids is 1. The average molecular weight is 394 g/mol. The third kappa shape index (κ3) is 4.20. The van der Waals surface area contributed by atoms with E-state index in [1.807, 2.05) is 53.1 Å². The number of imidazole rings is 1. The van der Waals surface area contributed by atoms with Crippen LogP contribution in [-0.2, 0) is 11.2 Å². The first-order chi connectivity index (χ1) is 14.1. The van der Waals surface area contributed by atoms with Crippen molar-refractivity contribution in [3.05, 3.63) is 72.6 Å². The summed E-state index contributed by atoms with van der Waals surface area (Å²) in [6.45, 7) is 0. The van der Waals surface area contributed by atoms with E-state index in [2.05, 4.69) is 4.98 Å². The first-order valence-electron chi connectivity index (χ1n) is 9.07. The maximum absolute atomic E-state index is 10.7. The second-order valence-corrected chi connectivity index (χ2v) is 6.60.